The summed E-state index contributed by atoms with van der Waals surface area (Å²) < 4.78 is 24.5. The number of hydrogen-bond acceptors (Lipinski definition) is 10. The Morgan fingerprint density at radius 2 is 1.70 bits per heavy atom. The molecule has 10 nitrogen and oxygen atoms in total. The number of cyclic esters (lactones) is 1. The first-order chi connectivity index (χ1) is 21.4. The highest BCUT2D eigenvalue weighted by Gasteiger charge is 2.74. The van der Waals surface area contributed by atoms with Gasteiger partial charge in [-0.1, -0.05) is 39.3 Å². The fourth-order valence-corrected chi connectivity index (χ4v) is 11.8. The van der Waals surface area contributed by atoms with Gasteiger partial charge >= 0.3 is 5.97 Å². The van der Waals surface area contributed by atoms with E-state index < -0.39 is 49.0 Å². The molecule has 6 fully saturated rings. The molecule has 0 aromatic carbocycles. The van der Waals surface area contributed by atoms with Crippen molar-refractivity contribution in [1.29, 1.82) is 0 Å². The Bertz CT molecular complexity index is 1200. The Kier molecular flexibility index (Phi) is 8.88. The average Bonchev–Trinajstić information content (AvgIpc) is 3.44. The SMILES string of the molecule is CC(C)=C[C@H](O)C[C@]1(C)O[C@H]1[C@H]1CC[C@@H]2[C@@]3(C)CC[C@H](O[C@@H]4O[C@H](CO)[C@@H](O)[C@H](O)[C@H]4O)C(C)(C)[C@@H]3CC[C@@]2(C)[C@@]12COC(=O)C2. The van der Waals surface area contributed by atoms with Crippen LogP contribution >= 0.6 is 0 Å². The molecule has 5 N–H and O–H groups in total. The van der Waals surface area contributed by atoms with Crippen LogP contribution in [0, 0.1) is 39.4 Å². The van der Waals surface area contributed by atoms with Crippen molar-refractivity contribution >= 4 is 5.97 Å². The van der Waals surface area contributed by atoms with E-state index in [1.165, 1.54) is 0 Å². The van der Waals surface area contributed by atoms with E-state index in [0.717, 1.165) is 44.1 Å². The van der Waals surface area contributed by atoms with E-state index >= 15 is 0 Å². The summed E-state index contributed by atoms with van der Waals surface area (Å²) in [5, 5.41) is 51.8. The first kappa shape index (κ1) is 34.7. The number of esters is 1. The molecule has 0 aromatic rings. The molecule has 3 aliphatic carbocycles. The molecule has 6 aliphatic rings. The van der Waals surface area contributed by atoms with Crippen molar-refractivity contribution in [3.8, 4) is 0 Å². The maximum Gasteiger partial charge on any atom is 0.306 e. The van der Waals surface area contributed by atoms with E-state index in [-0.39, 0.29) is 45.8 Å². The minimum absolute atomic E-state index is 0.0235. The van der Waals surface area contributed by atoms with Gasteiger partial charge < -0.3 is 44.5 Å². The summed E-state index contributed by atoms with van der Waals surface area (Å²) in [6.07, 6.45) is 1.03. The van der Waals surface area contributed by atoms with E-state index in [4.69, 9.17) is 18.9 Å². The number of aliphatic hydroxyl groups excluding tert-OH is 5. The summed E-state index contributed by atoms with van der Waals surface area (Å²) in [5.74, 6) is 0.708. The maximum absolute atomic E-state index is 13.0. The summed E-state index contributed by atoms with van der Waals surface area (Å²) in [5.41, 5.74) is -0.144. The first-order valence-corrected chi connectivity index (χ1v) is 17.6. The standard InChI is InChI=1S/C36H58O10/c1-19(2)14-20(38)15-35(7)30(46-35)21-8-9-24-33(5)12-11-25(45-31-29(42)28(41)27(40)22(17-37)44-31)32(3,4)23(33)10-13-34(24,6)36(21)16-26(39)43-18-36/h14,20-25,27-31,37-38,40-42H,8-13,15-18H2,1-7H3/t20-,21+,22+,23-,24+,25-,27+,28-,29+,30-,31-,33-,34+,35-,36-/m0/s1. The monoisotopic (exact) mass is 650 g/mol. The van der Waals surface area contributed by atoms with Crippen LogP contribution in [0.2, 0.25) is 0 Å². The molecule has 6 rings (SSSR count). The lowest BCUT2D eigenvalue weighted by Crippen LogP contribution is -2.66. The van der Waals surface area contributed by atoms with Crippen molar-refractivity contribution in [2.24, 2.45) is 39.4 Å². The highest BCUT2D eigenvalue weighted by atomic mass is 16.7. The molecule has 15 atom stereocenters. The predicted molar refractivity (Wildman–Crippen MR) is 168 cm³/mol. The van der Waals surface area contributed by atoms with Crippen LogP contribution in [0.1, 0.15) is 99.8 Å². The maximum atomic E-state index is 13.0. The van der Waals surface area contributed by atoms with E-state index in [9.17, 15) is 30.3 Å². The number of aliphatic hydroxyl groups is 5. The van der Waals surface area contributed by atoms with Crippen molar-refractivity contribution in [3.05, 3.63) is 11.6 Å². The van der Waals surface area contributed by atoms with Crippen LogP contribution in [0.25, 0.3) is 0 Å². The lowest BCUT2D eigenvalue weighted by atomic mass is 9.34. The minimum atomic E-state index is -1.47. The van der Waals surface area contributed by atoms with Gasteiger partial charge in [0.05, 0.1) is 43.5 Å². The number of carbonyl (C=O) groups is 1. The smallest absolute Gasteiger partial charge is 0.306 e. The van der Waals surface area contributed by atoms with Crippen LogP contribution in [0.5, 0.6) is 0 Å². The Hall–Kier alpha value is -1.11. The summed E-state index contributed by atoms with van der Waals surface area (Å²) in [4.78, 5) is 13.0. The van der Waals surface area contributed by atoms with Gasteiger partial charge in [-0.2, -0.15) is 0 Å². The number of ether oxygens (including phenoxy) is 4. The molecule has 0 unspecified atom stereocenters. The van der Waals surface area contributed by atoms with Crippen molar-refractivity contribution in [3.63, 3.8) is 0 Å². The number of hydrogen-bond donors (Lipinski definition) is 5. The van der Waals surface area contributed by atoms with Crippen LogP contribution in [-0.2, 0) is 23.7 Å². The highest BCUT2D eigenvalue weighted by molar-refractivity contribution is 5.73. The van der Waals surface area contributed by atoms with Gasteiger partial charge in [0.2, 0.25) is 0 Å². The molecule has 1 spiro atoms. The third kappa shape index (κ3) is 5.24. The summed E-state index contributed by atoms with van der Waals surface area (Å²) >= 11 is 0. The Morgan fingerprint density at radius 1 is 0.978 bits per heavy atom. The van der Waals surface area contributed by atoms with Crippen molar-refractivity contribution in [2.45, 2.75) is 154 Å². The summed E-state index contributed by atoms with van der Waals surface area (Å²) in [6.45, 7) is 15.3. The van der Waals surface area contributed by atoms with Gasteiger partial charge in [-0.3, -0.25) is 4.79 Å². The second kappa shape index (κ2) is 11.8. The van der Waals surface area contributed by atoms with Gasteiger partial charge in [0.1, 0.15) is 24.4 Å². The van der Waals surface area contributed by atoms with Gasteiger partial charge in [-0.25, -0.2) is 0 Å². The number of fused-ring (bicyclic) bond motifs is 4. The Balaban J connectivity index is 1.24. The zero-order valence-corrected chi connectivity index (χ0v) is 28.8. The lowest BCUT2D eigenvalue weighted by Gasteiger charge is -2.70. The van der Waals surface area contributed by atoms with Crippen molar-refractivity contribution in [1.82, 2.24) is 0 Å². The van der Waals surface area contributed by atoms with Gasteiger partial charge in [0, 0.05) is 11.8 Å². The third-order valence-electron chi connectivity index (χ3n) is 14.1. The molecule has 3 saturated carbocycles. The minimum Gasteiger partial charge on any atom is -0.465 e. The molecule has 3 aliphatic heterocycles. The van der Waals surface area contributed by atoms with Gasteiger partial charge in [0.15, 0.2) is 6.29 Å². The molecule has 0 aromatic heterocycles. The van der Waals surface area contributed by atoms with Crippen LogP contribution in [-0.4, -0.2) is 99.3 Å². The van der Waals surface area contributed by atoms with Gasteiger partial charge in [-0.15, -0.1) is 0 Å². The molecule has 262 valence electrons. The highest BCUT2D eigenvalue weighted by Crippen LogP contribution is 2.75. The molecule has 0 bridgehead atoms. The molecular weight excluding hydrogens is 592 g/mol. The molecular formula is C36H58O10. The van der Waals surface area contributed by atoms with E-state index in [0.29, 0.717) is 31.3 Å². The van der Waals surface area contributed by atoms with Gasteiger partial charge in [-0.05, 0) is 93.3 Å². The first-order valence-electron chi connectivity index (χ1n) is 17.6. The normalized spacial score (nSPS) is 52.0. The summed E-state index contributed by atoms with van der Waals surface area (Å²) in [7, 11) is 0. The largest absolute Gasteiger partial charge is 0.465 e. The van der Waals surface area contributed by atoms with Crippen LogP contribution in [0.4, 0.5) is 0 Å². The van der Waals surface area contributed by atoms with Crippen LogP contribution in [0.3, 0.4) is 0 Å². The fourth-order valence-electron chi connectivity index (χ4n) is 11.8. The van der Waals surface area contributed by atoms with Crippen LogP contribution in [0.15, 0.2) is 11.6 Å². The summed E-state index contributed by atoms with van der Waals surface area (Å²) in [6, 6.07) is 0. The third-order valence-corrected chi connectivity index (χ3v) is 14.1. The molecule has 46 heavy (non-hydrogen) atoms. The van der Waals surface area contributed by atoms with E-state index in [2.05, 4.69) is 34.6 Å². The molecule has 3 heterocycles. The van der Waals surface area contributed by atoms with E-state index in [1.54, 1.807) is 0 Å². The number of allylic oxidation sites excluding steroid dienone is 1. The number of rotatable bonds is 7. The Morgan fingerprint density at radius 3 is 2.33 bits per heavy atom. The zero-order chi connectivity index (χ0) is 33.6. The number of epoxide rings is 1. The topological polar surface area (TPSA) is 158 Å². The second-order valence-corrected chi connectivity index (χ2v) is 17.3. The fraction of sp³-hybridized carbons (Fsp3) is 0.917. The lowest BCUT2D eigenvalue weighted by molar-refractivity contribution is -0.331. The van der Waals surface area contributed by atoms with Crippen molar-refractivity contribution < 1.29 is 49.3 Å². The van der Waals surface area contributed by atoms with Crippen LogP contribution < -0.4 is 0 Å². The Labute approximate surface area is 273 Å². The molecule has 10 heteroatoms. The quantitative estimate of drug-likeness (QED) is 0.120. The second-order valence-electron chi connectivity index (χ2n) is 17.3. The van der Waals surface area contributed by atoms with Crippen molar-refractivity contribution in [2.75, 3.05) is 13.2 Å². The van der Waals surface area contributed by atoms with E-state index in [1.807, 2.05) is 19.9 Å². The number of carbonyl (C=O) groups excluding carboxylic acids is 1. The predicted octanol–water partition coefficient (Wildman–Crippen LogP) is 3.25. The average molecular weight is 651 g/mol. The zero-order valence-electron chi connectivity index (χ0n) is 28.8. The molecule has 3 saturated heterocycles. The molecule has 0 radical (unpaired) electrons. The van der Waals surface area contributed by atoms with Gasteiger partial charge in [0.25, 0.3) is 0 Å². The molecule has 0 amide bonds.